The highest BCUT2D eigenvalue weighted by Gasteiger charge is 2.20. The van der Waals surface area contributed by atoms with Crippen molar-refractivity contribution in [2.24, 2.45) is 5.92 Å². The molecule has 3 nitrogen and oxygen atoms in total. The predicted octanol–water partition coefficient (Wildman–Crippen LogP) is 3.62. The lowest BCUT2D eigenvalue weighted by atomic mass is 9.84. The fraction of sp³-hybridized carbons (Fsp3) is 0.562. The van der Waals surface area contributed by atoms with E-state index in [1.807, 2.05) is 12.1 Å². The summed E-state index contributed by atoms with van der Waals surface area (Å²) >= 11 is 0. The van der Waals surface area contributed by atoms with Gasteiger partial charge in [0.15, 0.2) is 0 Å². The number of aromatic nitrogens is 2. The normalized spacial score (nSPS) is 23.8. The first-order valence-corrected chi connectivity index (χ1v) is 7.52. The SMILES string of the molecule is CCC1CCCC(NCc2nc3ccccc3[nH]2)C1. The monoisotopic (exact) mass is 257 g/mol. The van der Waals surface area contributed by atoms with Crippen LogP contribution in [0.2, 0.25) is 0 Å². The largest absolute Gasteiger partial charge is 0.341 e. The van der Waals surface area contributed by atoms with Gasteiger partial charge in [0, 0.05) is 6.04 Å². The molecule has 1 saturated carbocycles. The highest BCUT2D eigenvalue weighted by Crippen LogP contribution is 2.26. The third-order valence-electron chi connectivity index (χ3n) is 4.36. The summed E-state index contributed by atoms with van der Waals surface area (Å²) in [5, 5.41) is 3.67. The molecule has 1 aliphatic rings. The van der Waals surface area contributed by atoms with Gasteiger partial charge in [-0.3, -0.25) is 0 Å². The van der Waals surface area contributed by atoms with E-state index in [9.17, 15) is 0 Å². The molecule has 102 valence electrons. The zero-order valence-corrected chi connectivity index (χ0v) is 11.7. The average Bonchev–Trinajstić information content (AvgIpc) is 2.88. The summed E-state index contributed by atoms with van der Waals surface area (Å²) in [6, 6.07) is 8.90. The molecule has 0 aliphatic heterocycles. The summed E-state index contributed by atoms with van der Waals surface area (Å²) in [5.41, 5.74) is 2.20. The molecule has 0 bridgehead atoms. The Labute approximate surface area is 114 Å². The molecule has 1 aliphatic carbocycles. The van der Waals surface area contributed by atoms with Crippen LogP contribution in [0, 0.1) is 5.92 Å². The van der Waals surface area contributed by atoms with Crippen molar-refractivity contribution in [3.05, 3.63) is 30.1 Å². The minimum atomic E-state index is 0.673. The Kier molecular flexibility index (Phi) is 3.83. The summed E-state index contributed by atoms with van der Waals surface area (Å²) in [4.78, 5) is 8.00. The molecule has 0 saturated heterocycles. The van der Waals surface area contributed by atoms with E-state index in [0.717, 1.165) is 29.3 Å². The standard InChI is InChI=1S/C16H23N3/c1-2-12-6-5-7-13(10-12)17-11-16-18-14-8-3-4-9-15(14)19-16/h3-4,8-9,12-13,17H,2,5-7,10-11H2,1H3,(H,18,19). The molecule has 2 atom stereocenters. The van der Waals surface area contributed by atoms with Crippen LogP contribution in [-0.4, -0.2) is 16.0 Å². The summed E-state index contributed by atoms with van der Waals surface area (Å²) < 4.78 is 0. The number of rotatable bonds is 4. The van der Waals surface area contributed by atoms with Gasteiger partial charge in [-0.15, -0.1) is 0 Å². The van der Waals surface area contributed by atoms with E-state index in [1.165, 1.54) is 32.1 Å². The minimum absolute atomic E-state index is 0.673. The maximum absolute atomic E-state index is 4.62. The summed E-state index contributed by atoms with van der Waals surface area (Å²) in [6.07, 6.45) is 6.76. The Morgan fingerprint density at radius 2 is 2.21 bits per heavy atom. The van der Waals surface area contributed by atoms with E-state index in [-0.39, 0.29) is 0 Å². The number of benzene rings is 1. The molecular formula is C16H23N3. The van der Waals surface area contributed by atoms with Crippen molar-refractivity contribution in [1.29, 1.82) is 0 Å². The molecule has 1 aromatic heterocycles. The van der Waals surface area contributed by atoms with Crippen molar-refractivity contribution >= 4 is 11.0 Å². The second-order valence-corrected chi connectivity index (χ2v) is 5.72. The molecule has 1 fully saturated rings. The lowest BCUT2D eigenvalue weighted by Gasteiger charge is -2.28. The Balaban J connectivity index is 1.59. The Bertz CT molecular complexity index is 499. The molecule has 3 heteroatoms. The summed E-state index contributed by atoms with van der Waals surface area (Å²) in [5.74, 6) is 1.97. The molecule has 2 unspecified atom stereocenters. The Morgan fingerprint density at radius 1 is 1.32 bits per heavy atom. The number of H-pyrrole nitrogens is 1. The van der Waals surface area contributed by atoms with Gasteiger partial charge in [-0.25, -0.2) is 4.98 Å². The molecule has 1 heterocycles. The van der Waals surface area contributed by atoms with Crippen molar-refractivity contribution < 1.29 is 0 Å². The summed E-state index contributed by atoms with van der Waals surface area (Å²) in [7, 11) is 0. The van der Waals surface area contributed by atoms with Gasteiger partial charge < -0.3 is 10.3 Å². The quantitative estimate of drug-likeness (QED) is 0.878. The first-order valence-electron chi connectivity index (χ1n) is 7.52. The fourth-order valence-corrected chi connectivity index (χ4v) is 3.18. The van der Waals surface area contributed by atoms with Crippen LogP contribution in [-0.2, 0) is 6.54 Å². The molecule has 0 radical (unpaired) electrons. The van der Waals surface area contributed by atoms with Gasteiger partial charge in [-0.1, -0.05) is 38.3 Å². The highest BCUT2D eigenvalue weighted by atomic mass is 15.0. The number of para-hydroxylation sites is 2. The van der Waals surface area contributed by atoms with E-state index in [0.29, 0.717) is 6.04 Å². The van der Waals surface area contributed by atoms with Gasteiger partial charge in [-0.05, 0) is 30.9 Å². The van der Waals surface area contributed by atoms with Crippen molar-refractivity contribution in [3.8, 4) is 0 Å². The van der Waals surface area contributed by atoms with Crippen LogP contribution in [0.4, 0.5) is 0 Å². The fourth-order valence-electron chi connectivity index (χ4n) is 3.18. The van der Waals surface area contributed by atoms with Crippen molar-refractivity contribution in [1.82, 2.24) is 15.3 Å². The number of nitrogens with zero attached hydrogens (tertiary/aromatic N) is 1. The van der Waals surface area contributed by atoms with E-state index < -0.39 is 0 Å². The first kappa shape index (κ1) is 12.7. The maximum atomic E-state index is 4.62. The number of nitrogens with one attached hydrogen (secondary N) is 2. The van der Waals surface area contributed by atoms with Crippen molar-refractivity contribution in [3.63, 3.8) is 0 Å². The minimum Gasteiger partial charge on any atom is -0.341 e. The predicted molar refractivity (Wildman–Crippen MR) is 79.0 cm³/mol. The zero-order valence-electron chi connectivity index (χ0n) is 11.7. The van der Waals surface area contributed by atoms with Gasteiger partial charge in [0.1, 0.15) is 5.82 Å². The van der Waals surface area contributed by atoms with E-state index in [4.69, 9.17) is 0 Å². The Morgan fingerprint density at radius 3 is 3.05 bits per heavy atom. The molecule has 0 spiro atoms. The number of fused-ring (bicyclic) bond motifs is 1. The van der Waals surface area contributed by atoms with Crippen LogP contribution in [0.1, 0.15) is 44.9 Å². The van der Waals surface area contributed by atoms with Gasteiger partial charge in [-0.2, -0.15) is 0 Å². The maximum Gasteiger partial charge on any atom is 0.121 e. The molecule has 0 amide bonds. The lowest BCUT2D eigenvalue weighted by molar-refractivity contribution is 0.277. The van der Waals surface area contributed by atoms with Crippen LogP contribution >= 0.6 is 0 Å². The van der Waals surface area contributed by atoms with Gasteiger partial charge >= 0.3 is 0 Å². The number of imidazole rings is 1. The molecule has 2 N–H and O–H groups in total. The Hall–Kier alpha value is -1.35. The molecule has 1 aromatic carbocycles. The third kappa shape index (κ3) is 2.98. The molecular weight excluding hydrogens is 234 g/mol. The first-order chi connectivity index (χ1) is 9.35. The van der Waals surface area contributed by atoms with Crippen LogP contribution in [0.3, 0.4) is 0 Å². The van der Waals surface area contributed by atoms with Crippen LogP contribution in [0.5, 0.6) is 0 Å². The second kappa shape index (κ2) is 5.74. The van der Waals surface area contributed by atoms with Crippen molar-refractivity contribution in [2.45, 2.75) is 51.6 Å². The lowest BCUT2D eigenvalue weighted by Crippen LogP contribution is -2.33. The number of hydrogen-bond acceptors (Lipinski definition) is 2. The smallest absolute Gasteiger partial charge is 0.121 e. The van der Waals surface area contributed by atoms with Gasteiger partial charge in [0.25, 0.3) is 0 Å². The average molecular weight is 257 g/mol. The van der Waals surface area contributed by atoms with E-state index >= 15 is 0 Å². The number of hydrogen-bond donors (Lipinski definition) is 2. The molecule has 3 rings (SSSR count). The molecule has 19 heavy (non-hydrogen) atoms. The van der Waals surface area contributed by atoms with Gasteiger partial charge in [0.05, 0.1) is 17.6 Å². The van der Waals surface area contributed by atoms with Gasteiger partial charge in [0.2, 0.25) is 0 Å². The second-order valence-electron chi connectivity index (χ2n) is 5.72. The van der Waals surface area contributed by atoms with Crippen LogP contribution in [0.15, 0.2) is 24.3 Å². The highest BCUT2D eigenvalue weighted by molar-refractivity contribution is 5.74. The van der Waals surface area contributed by atoms with E-state index in [2.05, 4.69) is 34.3 Å². The number of aromatic amines is 1. The topological polar surface area (TPSA) is 40.7 Å². The van der Waals surface area contributed by atoms with Crippen molar-refractivity contribution in [2.75, 3.05) is 0 Å². The summed E-state index contributed by atoms with van der Waals surface area (Å²) in [6.45, 7) is 3.17. The molecule has 2 aromatic rings. The van der Waals surface area contributed by atoms with E-state index in [1.54, 1.807) is 0 Å². The van der Waals surface area contributed by atoms with Crippen LogP contribution < -0.4 is 5.32 Å². The van der Waals surface area contributed by atoms with Crippen LogP contribution in [0.25, 0.3) is 11.0 Å². The zero-order chi connectivity index (χ0) is 13.1. The third-order valence-corrected chi connectivity index (χ3v) is 4.36.